The molecule has 0 N–H and O–H groups in total. The molecule has 1 heterocycles. The van der Waals surface area contributed by atoms with Crippen molar-refractivity contribution in [3.05, 3.63) is 0 Å². The van der Waals surface area contributed by atoms with Gasteiger partial charge in [-0.15, -0.1) is 0 Å². The van der Waals surface area contributed by atoms with Crippen LogP contribution in [0.25, 0.3) is 0 Å². The van der Waals surface area contributed by atoms with Gasteiger partial charge in [0.1, 0.15) is 5.60 Å². The van der Waals surface area contributed by atoms with Gasteiger partial charge in [0, 0.05) is 4.83 Å². The van der Waals surface area contributed by atoms with Gasteiger partial charge < -0.3 is 4.74 Å². The van der Waals surface area contributed by atoms with E-state index >= 15 is 0 Å². The maximum absolute atomic E-state index is 5.11. The molecule has 1 rings (SSSR count). The summed E-state index contributed by atoms with van der Waals surface area (Å²) in [6.45, 7) is 5.12. The quantitative estimate of drug-likeness (QED) is 0.424. The van der Waals surface area contributed by atoms with E-state index in [1.165, 1.54) is 0 Å². The van der Waals surface area contributed by atoms with Gasteiger partial charge in [-0.25, -0.2) is 0 Å². The maximum atomic E-state index is 5.11. The van der Waals surface area contributed by atoms with Crippen LogP contribution in [0.2, 0.25) is 0 Å². The van der Waals surface area contributed by atoms with E-state index in [0.29, 0.717) is 4.83 Å². The number of epoxide rings is 1. The molecule has 0 aromatic carbocycles. The highest BCUT2D eigenvalue weighted by Gasteiger charge is 2.43. The summed E-state index contributed by atoms with van der Waals surface area (Å²) >= 11 is 3.43. The number of rotatable bonds is 1. The number of hydrogen-bond donors (Lipinski definition) is 0. The van der Waals surface area contributed by atoms with E-state index in [0.717, 1.165) is 6.61 Å². The SMILES string of the molecule is CC(Br)C1(C)CO1. The fraction of sp³-hybridized carbons (Fsp3) is 1.00. The molecule has 0 aromatic rings. The fourth-order valence-electron chi connectivity index (χ4n) is 0.343. The Bertz CT molecular complexity index is 76.1. The van der Waals surface area contributed by atoms with Gasteiger partial charge in [-0.05, 0) is 13.8 Å². The standard InChI is InChI=1S/C5H9BrO/c1-4(6)5(2)3-7-5/h4H,3H2,1-2H3. The molecule has 2 heteroatoms. The Morgan fingerprint density at radius 2 is 2.29 bits per heavy atom. The molecule has 0 radical (unpaired) electrons. The van der Waals surface area contributed by atoms with E-state index in [4.69, 9.17) is 4.74 Å². The zero-order chi connectivity index (χ0) is 5.49. The Morgan fingerprint density at radius 1 is 1.86 bits per heavy atom. The van der Waals surface area contributed by atoms with Gasteiger partial charge in [0.25, 0.3) is 0 Å². The summed E-state index contributed by atoms with van der Waals surface area (Å²) in [5.74, 6) is 0. The second kappa shape index (κ2) is 1.46. The molecule has 0 aromatic heterocycles. The molecule has 0 spiro atoms. The monoisotopic (exact) mass is 164 g/mol. The predicted octanol–water partition coefficient (Wildman–Crippen LogP) is 1.56. The van der Waals surface area contributed by atoms with E-state index in [1.54, 1.807) is 0 Å². The minimum atomic E-state index is 0.167. The topological polar surface area (TPSA) is 12.5 Å². The molecule has 0 aliphatic carbocycles. The van der Waals surface area contributed by atoms with Crippen molar-refractivity contribution >= 4 is 15.9 Å². The third-order valence-corrected chi connectivity index (χ3v) is 2.41. The molecular weight excluding hydrogens is 156 g/mol. The first-order valence-electron chi connectivity index (χ1n) is 2.43. The van der Waals surface area contributed by atoms with E-state index in [1.807, 2.05) is 0 Å². The van der Waals surface area contributed by atoms with Crippen LogP contribution in [-0.2, 0) is 4.74 Å². The molecular formula is C5H9BrO. The molecule has 0 amide bonds. The van der Waals surface area contributed by atoms with Crippen molar-refractivity contribution in [1.29, 1.82) is 0 Å². The third-order valence-electron chi connectivity index (χ3n) is 1.44. The summed E-state index contributed by atoms with van der Waals surface area (Å²) in [4.78, 5) is 0.500. The predicted molar refractivity (Wildman–Crippen MR) is 32.7 cm³/mol. The minimum absolute atomic E-state index is 0.167. The van der Waals surface area contributed by atoms with Crippen molar-refractivity contribution < 1.29 is 4.74 Å². The molecule has 1 saturated heterocycles. The second-order valence-corrected chi connectivity index (χ2v) is 3.59. The lowest BCUT2D eigenvalue weighted by atomic mass is 10.1. The molecule has 2 unspecified atom stereocenters. The summed E-state index contributed by atoms with van der Waals surface area (Å²) in [6.07, 6.45) is 0. The average molecular weight is 165 g/mol. The van der Waals surface area contributed by atoms with Crippen molar-refractivity contribution in [2.75, 3.05) is 6.61 Å². The zero-order valence-corrected chi connectivity index (χ0v) is 6.16. The molecule has 7 heavy (non-hydrogen) atoms. The van der Waals surface area contributed by atoms with Gasteiger partial charge in [0.2, 0.25) is 0 Å². The summed E-state index contributed by atoms with van der Waals surface area (Å²) in [5, 5.41) is 0. The largest absolute Gasteiger partial charge is 0.369 e. The van der Waals surface area contributed by atoms with Gasteiger partial charge in [0.15, 0.2) is 0 Å². The Kier molecular flexibility index (Phi) is 1.16. The van der Waals surface area contributed by atoms with Crippen LogP contribution in [0.5, 0.6) is 0 Å². The average Bonchev–Trinajstić information content (AvgIpc) is 2.21. The van der Waals surface area contributed by atoms with E-state index in [-0.39, 0.29) is 5.60 Å². The Labute approximate surface area is 52.2 Å². The van der Waals surface area contributed by atoms with E-state index in [9.17, 15) is 0 Å². The summed E-state index contributed by atoms with van der Waals surface area (Å²) < 4.78 is 5.11. The maximum Gasteiger partial charge on any atom is 0.101 e. The molecule has 42 valence electrons. The Hall–Kier alpha value is 0.440. The van der Waals surface area contributed by atoms with Crippen molar-refractivity contribution in [2.45, 2.75) is 24.3 Å². The van der Waals surface area contributed by atoms with Crippen molar-refractivity contribution in [1.82, 2.24) is 0 Å². The zero-order valence-electron chi connectivity index (χ0n) is 4.57. The minimum Gasteiger partial charge on any atom is -0.369 e. The first kappa shape index (κ1) is 5.57. The summed E-state index contributed by atoms with van der Waals surface area (Å²) in [5.41, 5.74) is 0.167. The van der Waals surface area contributed by atoms with Gasteiger partial charge in [-0.1, -0.05) is 15.9 Å². The van der Waals surface area contributed by atoms with Crippen LogP contribution in [0.4, 0.5) is 0 Å². The summed E-state index contributed by atoms with van der Waals surface area (Å²) in [7, 11) is 0. The van der Waals surface area contributed by atoms with Crippen LogP contribution in [0.1, 0.15) is 13.8 Å². The lowest BCUT2D eigenvalue weighted by Gasteiger charge is -2.04. The first-order chi connectivity index (χ1) is 3.15. The van der Waals surface area contributed by atoms with Crippen LogP contribution < -0.4 is 0 Å². The molecule has 1 aliphatic rings. The van der Waals surface area contributed by atoms with Crippen molar-refractivity contribution in [2.24, 2.45) is 0 Å². The first-order valence-corrected chi connectivity index (χ1v) is 3.35. The highest BCUT2D eigenvalue weighted by atomic mass is 79.9. The van der Waals surface area contributed by atoms with Crippen LogP contribution in [-0.4, -0.2) is 17.0 Å². The van der Waals surface area contributed by atoms with Gasteiger partial charge >= 0.3 is 0 Å². The van der Waals surface area contributed by atoms with Gasteiger partial charge in [-0.2, -0.15) is 0 Å². The van der Waals surface area contributed by atoms with Crippen LogP contribution in [0.15, 0.2) is 0 Å². The number of halogens is 1. The van der Waals surface area contributed by atoms with Crippen molar-refractivity contribution in [3.63, 3.8) is 0 Å². The molecule has 2 atom stereocenters. The molecule has 1 fully saturated rings. The highest BCUT2D eigenvalue weighted by Crippen LogP contribution is 2.33. The third kappa shape index (κ3) is 0.970. The number of hydrogen-bond acceptors (Lipinski definition) is 1. The Balaban J connectivity index is 2.39. The molecule has 0 bridgehead atoms. The number of alkyl halides is 1. The molecule has 1 aliphatic heterocycles. The highest BCUT2D eigenvalue weighted by molar-refractivity contribution is 9.09. The van der Waals surface area contributed by atoms with Gasteiger partial charge in [-0.3, -0.25) is 0 Å². The lowest BCUT2D eigenvalue weighted by Crippen LogP contribution is -2.15. The summed E-state index contributed by atoms with van der Waals surface area (Å²) in [6, 6.07) is 0. The molecule has 1 nitrogen and oxygen atoms in total. The van der Waals surface area contributed by atoms with Crippen LogP contribution in [0.3, 0.4) is 0 Å². The van der Waals surface area contributed by atoms with Crippen LogP contribution in [0, 0.1) is 0 Å². The van der Waals surface area contributed by atoms with E-state index < -0.39 is 0 Å². The molecule has 0 saturated carbocycles. The fourth-order valence-corrected chi connectivity index (χ4v) is 0.608. The smallest absolute Gasteiger partial charge is 0.101 e. The second-order valence-electron chi connectivity index (χ2n) is 2.22. The lowest BCUT2D eigenvalue weighted by molar-refractivity contribution is 0.325. The number of ether oxygens (including phenoxy) is 1. The van der Waals surface area contributed by atoms with Crippen LogP contribution >= 0.6 is 15.9 Å². The van der Waals surface area contributed by atoms with E-state index in [2.05, 4.69) is 29.8 Å². The van der Waals surface area contributed by atoms with Crippen molar-refractivity contribution in [3.8, 4) is 0 Å². The Morgan fingerprint density at radius 3 is 2.29 bits per heavy atom. The van der Waals surface area contributed by atoms with Gasteiger partial charge in [0.05, 0.1) is 6.61 Å². The normalized spacial score (nSPS) is 43.3.